The zero-order valence-corrected chi connectivity index (χ0v) is 20.7. The zero-order chi connectivity index (χ0) is 21.0. The number of nitrogens with zero attached hydrogens (tertiary/aromatic N) is 1. The van der Waals surface area contributed by atoms with Crippen molar-refractivity contribution in [3.05, 3.63) is 24.4 Å². The molecule has 3 nitrogen and oxygen atoms in total. The van der Waals surface area contributed by atoms with Crippen molar-refractivity contribution >= 4 is 36.4 Å². The highest BCUT2D eigenvalue weighted by atomic mass is 33.1. The average Bonchev–Trinajstić information content (AvgIpc) is 2.63. The minimum absolute atomic E-state index is 0.0942. The molecule has 0 spiro atoms. The van der Waals surface area contributed by atoms with Gasteiger partial charge in [-0.25, -0.2) is 4.98 Å². The molecule has 0 radical (unpaired) electrons. The first-order valence-corrected chi connectivity index (χ1v) is 12.2. The second-order valence-corrected chi connectivity index (χ2v) is 9.47. The van der Waals surface area contributed by atoms with Gasteiger partial charge in [0, 0.05) is 24.0 Å². The molecule has 0 aliphatic carbocycles. The minimum Gasteiger partial charge on any atom is -0.396 e. The van der Waals surface area contributed by atoms with Crippen molar-refractivity contribution in [1.82, 2.24) is 4.98 Å². The molecule has 26 heavy (non-hydrogen) atoms. The van der Waals surface area contributed by atoms with E-state index in [4.69, 9.17) is 5.11 Å². The van der Waals surface area contributed by atoms with Crippen LogP contribution in [0.2, 0.25) is 0 Å². The van der Waals surface area contributed by atoms with Gasteiger partial charge < -0.3 is 5.11 Å². The fourth-order valence-corrected chi connectivity index (χ4v) is 3.66. The van der Waals surface area contributed by atoms with Crippen LogP contribution in [-0.4, -0.2) is 27.0 Å². The predicted octanol–water partition coefficient (Wildman–Crippen LogP) is 6.86. The molecule has 0 fully saturated rings. The summed E-state index contributed by atoms with van der Waals surface area (Å²) >= 11 is 0. The summed E-state index contributed by atoms with van der Waals surface area (Å²) in [5, 5.41) is 9.88. The molecule has 1 aromatic rings. The second kappa shape index (κ2) is 21.2. The van der Waals surface area contributed by atoms with Crippen LogP contribution in [0.15, 0.2) is 29.4 Å². The average molecular weight is 422 g/mol. The molecule has 6 heteroatoms. The van der Waals surface area contributed by atoms with Crippen molar-refractivity contribution in [2.24, 2.45) is 5.92 Å². The lowest BCUT2D eigenvalue weighted by Gasteiger charge is -2.21. The maximum atomic E-state index is 10.3. The molecule has 0 aliphatic rings. The Balaban J connectivity index is -0.000000377. The Bertz CT molecular complexity index is 416. The van der Waals surface area contributed by atoms with Crippen LogP contribution in [0.4, 0.5) is 0 Å². The van der Waals surface area contributed by atoms with Gasteiger partial charge in [0.15, 0.2) is 0 Å². The molecule has 1 aromatic heterocycles. The normalized spacial score (nSPS) is 9.81. The summed E-state index contributed by atoms with van der Waals surface area (Å²) < 4.78 is 0.0942. The summed E-state index contributed by atoms with van der Waals surface area (Å²) in [7, 11) is 5.60. The largest absolute Gasteiger partial charge is 0.396 e. The van der Waals surface area contributed by atoms with Crippen molar-refractivity contribution < 1.29 is 9.90 Å². The van der Waals surface area contributed by atoms with Crippen LogP contribution >= 0.6 is 30.8 Å². The smallest absolute Gasteiger partial charge is 0.148 e. The van der Waals surface area contributed by atoms with Gasteiger partial charge in [-0.1, -0.05) is 67.6 Å². The first kappa shape index (κ1) is 30.6. The highest BCUT2D eigenvalue weighted by Crippen LogP contribution is 2.41. The number of hydrogen-bond donors (Lipinski definition) is 1. The molecule has 1 N–H and O–H groups in total. The number of aliphatic hydroxyl groups excluding tert-OH is 1. The molecule has 1 unspecified atom stereocenters. The van der Waals surface area contributed by atoms with Crippen LogP contribution in [0, 0.1) is 5.92 Å². The molecule has 1 atom stereocenters. The second-order valence-electron chi connectivity index (χ2n) is 5.97. The Morgan fingerprint density at radius 1 is 1.23 bits per heavy atom. The lowest BCUT2D eigenvalue weighted by atomic mass is 10.1. The van der Waals surface area contributed by atoms with Gasteiger partial charge in [0.1, 0.15) is 10.6 Å². The summed E-state index contributed by atoms with van der Waals surface area (Å²) in [6.07, 6.45) is 4.32. The number of pyridine rings is 1. The van der Waals surface area contributed by atoms with E-state index in [9.17, 15) is 4.79 Å². The molecule has 0 saturated carbocycles. The van der Waals surface area contributed by atoms with Gasteiger partial charge in [0.25, 0.3) is 0 Å². The molecule has 154 valence electrons. The third kappa shape index (κ3) is 23.9. The fourth-order valence-electron chi connectivity index (χ4n) is 1.29. The van der Waals surface area contributed by atoms with E-state index in [0.717, 1.165) is 17.9 Å². The van der Waals surface area contributed by atoms with E-state index >= 15 is 0 Å². The Morgan fingerprint density at radius 2 is 1.81 bits per heavy atom. The van der Waals surface area contributed by atoms with Gasteiger partial charge in [-0.2, -0.15) is 0 Å². The van der Waals surface area contributed by atoms with Gasteiger partial charge in [-0.05, 0) is 55.5 Å². The Kier molecular flexibility index (Phi) is 25.0. The van der Waals surface area contributed by atoms with Crippen LogP contribution in [-0.2, 0) is 4.79 Å². The Labute approximate surface area is 172 Å². The number of aromatic nitrogens is 1. The standard InChI is InChI=1S/C10H15NOS2.C6H13OP.2C2H6/c1-10(2,6-8-12)14-13-9-5-3-4-7-11-9;1-5(2)3-4-6(7)8;2*1-2/h3-5,7,12H,6,8H2,1-2H3;5H,3-4,8H2,1-2H3;2*1-2H3. The van der Waals surface area contributed by atoms with Crippen molar-refractivity contribution in [2.45, 2.75) is 84.4 Å². The van der Waals surface area contributed by atoms with E-state index in [2.05, 4.69) is 41.9 Å². The molecular formula is C20H40NO2PS2. The zero-order valence-electron chi connectivity index (χ0n) is 17.9. The van der Waals surface area contributed by atoms with E-state index in [-0.39, 0.29) is 16.9 Å². The number of aliphatic hydroxyl groups is 1. The van der Waals surface area contributed by atoms with Crippen molar-refractivity contribution in [1.29, 1.82) is 0 Å². The molecule has 0 bridgehead atoms. The van der Waals surface area contributed by atoms with Crippen LogP contribution in [0.25, 0.3) is 0 Å². The van der Waals surface area contributed by atoms with Gasteiger partial charge in [-0.15, -0.1) is 0 Å². The molecule has 0 amide bonds. The van der Waals surface area contributed by atoms with E-state index in [0.29, 0.717) is 12.3 Å². The predicted molar refractivity (Wildman–Crippen MR) is 125 cm³/mol. The minimum atomic E-state index is 0.0942. The summed E-state index contributed by atoms with van der Waals surface area (Å²) in [5.74, 6) is 0.652. The first-order chi connectivity index (χ1) is 12.3. The van der Waals surface area contributed by atoms with Crippen LogP contribution in [0.5, 0.6) is 0 Å². The van der Waals surface area contributed by atoms with Crippen molar-refractivity contribution in [3.8, 4) is 0 Å². The molecule has 0 aliphatic heterocycles. The first-order valence-electron chi connectivity index (χ1n) is 9.42. The van der Waals surface area contributed by atoms with Crippen LogP contribution in [0.1, 0.15) is 74.7 Å². The van der Waals surface area contributed by atoms with Crippen LogP contribution < -0.4 is 0 Å². The maximum Gasteiger partial charge on any atom is 0.148 e. The lowest BCUT2D eigenvalue weighted by molar-refractivity contribution is -0.111. The maximum absolute atomic E-state index is 10.3. The molecule has 0 aromatic carbocycles. The van der Waals surface area contributed by atoms with Crippen molar-refractivity contribution in [2.75, 3.05) is 6.61 Å². The molecular weight excluding hydrogens is 381 g/mol. The highest BCUT2D eigenvalue weighted by Gasteiger charge is 2.18. The van der Waals surface area contributed by atoms with Crippen LogP contribution in [0.3, 0.4) is 0 Å². The summed E-state index contributed by atoms with van der Waals surface area (Å²) in [6.45, 7) is 16.7. The van der Waals surface area contributed by atoms with Gasteiger partial charge in [0.2, 0.25) is 0 Å². The Morgan fingerprint density at radius 3 is 2.15 bits per heavy atom. The number of carbonyl (C=O) groups is 1. The highest BCUT2D eigenvalue weighted by molar-refractivity contribution is 8.77. The summed E-state index contributed by atoms with van der Waals surface area (Å²) in [6, 6.07) is 5.88. The van der Waals surface area contributed by atoms with Crippen molar-refractivity contribution in [3.63, 3.8) is 0 Å². The third-order valence-corrected chi connectivity index (χ3v) is 6.23. The topological polar surface area (TPSA) is 50.2 Å². The quantitative estimate of drug-likeness (QED) is 0.367. The Hall–Kier alpha value is -0.0900. The third-order valence-electron chi connectivity index (χ3n) is 2.67. The molecule has 0 saturated heterocycles. The van der Waals surface area contributed by atoms with E-state index in [1.807, 2.05) is 45.9 Å². The molecule has 1 rings (SSSR count). The lowest BCUT2D eigenvalue weighted by Crippen LogP contribution is -2.14. The fraction of sp³-hybridized carbons (Fsp3) is 0.700. The summed E-state index contributed by atoms with van der Waals surface area (Å²) in [4.78, 5) is 14.5. The van der Waals surface area contributed by atoms with E-state index in [1.165, 1.54) is 0 Å². The number of carbonyl (C=O) groups excluding carboxylic acids is 1. The number of hydrogen-bond acceptors (Lipinski definition) is 5. The molecule has 1 heterocycles. The summed E-state index contributed by atoms with van der Waals surface area (Å²) in [5.41, 5.74) is 0.221. The van der Waals surface area contributed by atoms with Gasteiger partial charge in [0.05, 0.1) is 0 Å². The monoisotopic (exact) mass is 421 g/mol. The number of rotatable bonds is 8. The van der Waals surface area contributed by atoms with Gasteiger partial charge in [-0.3, -0.25) is 4.79 Å². The SMILES string of the molecule is CC.CC.CC(C)(CCO)SSc1ccccn1.CC(C)CCC(=O)P. The van der Waals surface area contributed by atoms with E-state index < -0.39 is 0 Å². The van der Waals surface area contributed by atoms with E-state index in [1.54, 1.807) is 27.8 Å². The van der Waals surface area contributed by atoms with Gasteiger partial charge >= 0.3 is 0 Å².